The van der Waals surface area contributed by atoms with Crippen LogP contribution in [0.15, 0.2) is 66.7 Å². The van der Waals surface area contributed by atoms with Gasteiger partial charge in [-0.1, -0.05) is 49.7 Å². The molecule has 8 nitrogen and oxygen atoms in total. The number of carbonyl (C=O) groups is 2. The average molecular weight is 545 g/mol. The smallest absolute Gasteiger partial charge is 0.309 e. The summed E-state index contributed by atoms with van der Waals surface area (Å²) in [6.07, 6.45) is 2.15. The second kappa shape index (κ2) is 12.0. The maximum Gasteiger partial charge on any atom is 0.309 e. The topological polar surface area (TPSA) is 88.5 Å². The second-order valence-corrected chi connectivity index (χ2v) is 10.4. The van der Waals surface area contributed by atoms with E-state index in [2.05, 4.69) is 16.7 Å². The van der Waals surface area contributed by atoms with Gasteiger partial charge in [-0.2, -0.15) is 0 Å². The Hall–Kier alpha value is -4.04. The van der Waals surface area contributed by atoms with Gasteiger partial charge in [-0.05, 0) is 60.4 Å². The number of aldehydes is 1. The maximum atomic E-state index is 13.0. The summed E-state index contributed by atoms with van der Waals surface area (Å²) in [5.74, 6) is -0.158. The summed E-state index contributed by atoms with van der Waals surface area (Å²) < 4.78 is 16.5. The highest BCUT2D eigenvalue weighted by Crippen LogP contribution is 2.49. The van der Waals surface area contributed by atoms with E-state index in [1.165, 1.54) is 0 Å². The number of likely N-dealkylation sites (tertiary alicyclic amines) is 1. The number of aryl methyl sites for hydroxylation is 1. The molecule has 0 aromatic heterocycles. The summed E-state index contributed by atoms with van der Waals surface area (Å²) in [4.78, 5) is 30.3. The van der Waals surface area contributed by atoms with Crippen LogP contribution in [0.5, 0.6) is 17.2 Å². The van der Waals surface area contributed by atoms with Gasteiger partial charge in [0.2, 0.25) is 6.79 Å². The summed E-state index contributed by atoms with van der Waals surface area (Å²) in [5, 5.41) is 10.7. The van der Waals surface area contributed by atoms with E-state index < -0.39 is 24.1 Å². The largest absolute Gasteiger partial charge is 0.497 e. The Balaban J connectivity index is 1.62. The maximum absolute atomic E-state index is 13.0. The van der Waals surface area contributed by atoms with E-state index >= 15 is 0 Å². The van der Waals surface area contributed by atoms with Crippen LogP contribution < -0.4 is 19.1 Å². The highest BCUT2D eigenvalue weighted by molar-refractivity contribution is 5.75. The van der Waals surface area contributed by atoms with Gasteiger partial charge in [0.1, 0.15) is 11.9 Å². The van der Waals surface area contributed by atoms with Crippen molar-refractivity contribution in [3.63, 3.8) is 0 Å². The number of rotatable bonds is 11. The van der Waals surface area contributed by atoms with Gasteiger partial charge < -0.3 is 24.2 Å². The molecule has 4 atom stereocenters. The Morgan fingerprint density at radius 2 is 1.82 bits per heavy atom. The molecule has 0 bridgehead atoms. The minimum absolute atomic E-state index is 0.141. The summed E-state index contributed by atoms with van der Waals surface area (Å²) >= 11 is 0. The number of hydrogen-bond donors (Lipinski definition) is 1. The molecule has 0 spiro atoms. The minimum atomic E-state index is -0.911. The summed E-state index contributed by atoms with van der Waals surface area (Å²) in [6.45, 7) is 5.35. The first-order valence-electron chi connectivity index (χ1n) is 13.8. The number of methoxy groups -OCH3 is 1. The number of aliphatic carboxylic acids is 1. The molecular formula is C32H36N2O6. The molecular weight excluding hydrogens is 508 g/mol. The van der Waals surface area contributed by atoms with Crippen LogP contribution in [0.25, 0.3) is 0 Å². The van der Waals surface area contributed by atoms with Crippen molar-refractivity contribution >= 4 is 17.9 Å². The van der Waals surface area contributed by atoms with Gasteiger partial charge >= 0.3 is 5.97 Å². The van der Waals surface area contributed by atoms with E-state index in [1.54, 1.807) is 7.11 Å². The fourth-order valence-electron chi connectivity index (χ4n) is 6.06. The standard InChI is InChI=1S/C32H36N2O6/c1-4-5-16-33(26-9-7-6-8-21(26)2)29(19-35)34-18-25(23-12-15-27-28(17-23)40-20-39-27)30(32(36)37)31(34)22-10-13-24(38-3)14-11-22/h6-15,17,19,25,29-31H,4-5,16,18,20H2,1-3H3,(H,36,37). The van der Waals surface area contributed by atoms with Crippen LogP contribution in [0.4, 0.5) is 5.69 Å². The molecule has 3 aromatic carbocycles. The average Bonchev–Trinajstić information content (AvgIpc) is 3.60. The van der Waals surface area contributed by atoms with Crippen molar-refractivity contribution in [2.24, 2.45) is 5.92 Å². The van der Waals surface area contributed by atoms with Gasteiger partial charge in [-0.15, -0.1) is 0 Å². The van der Waals surface area contributed by atoms with Gasteiger partial charge in [0.25, 0.3) is 0 Å². The number of carboxylic acid groups (broad SMARTS) is 1. The Bertz CT molecular complexity index is 1340. The number of nitrogens with zero attached hydrogens (tertiary/aromatic N) is 2. The normalized spacial score (nSPS) is 20.7. The molecule has 3 aromatic rings. The van der Waals surface area contributed by atoms with Crippen LogP contribution in [-0.2, 0) is 9.59 Å². The highest BCUT2D eigenvalue weighted by Gasteiger charge is 2.50. The number of unbranched alkanes of at least 4 members (excludes halogenated alkanes) is 1. The fraction of sp³-hybridized carbons (Fsp3) is 0.375. The van der Waals surface area contributed by atoms with E-state index in [4.69, 9.17) is 14.2 Å². The van der Waals surface area contributed by atoms with Crippen molar-refractivity contribution in [2.75, 3.05) is 31.9 Å². The first-order valence-corrected chi connectivity index (χ1v) is 13.8. The van der Waals surface area contributed by atoms with Crippen molar-refractivity contribution in [3.05, 3.63) is 83.4 Å². The van der Waals surface area contributed by atoms with Crippen LogP contribution in [0.2, 0.25) is 0 Å². The third-order valence-corrected chi connectivity index (χ3v) is 8.06. The molecule has 1 N–H and O–H groups in total. The van der Waals surface area contributed by atoms with Crippen molar-refractivity contribution in [2.45, 2.75) is 44.8 Å². The number of benzene rings is 3. The lowest BCUT2D eigenvalue weighted by Gasteiger charge is -2.40. The lowest BCUT2D eigenvalue weighted by atomic mass is 9.82. The summed E-state index contributed by atoms with van der Waals surface area (Å²) in [6, 6.07) is 20.6. The Labute approximate surface area is 235 Å². The molecule has 0 amide bonds. The monoisotopic (exact) mass is 544 g/mol. The zero-order valence-corrected chi connectivity index (χ0v) is 23.2. The van der Waals surface area contributed by atoms with Gasteiger partial charge in [0.15, 0.2) is 17.8 Å². The van der Waals surface area contributed by atoms with Crippen molar-refractivity contribution in [1.29, 1.82) is 0 Å². The predicted molar refractivity (Wildman–Crippen MR) is 152 cm³/mol. The van der Waals surface area contributed by atoms with Gasteiger partial charge in [0, 0.05) is 24.7 Å². The molecule has 0 saturated carbocycles. The first kappa shape index (κ1) is 27.5. The molecule has 1 fully saturated rings. The number of ether oxygens (including phenoxy) is 3. The molecule has 0 aliphatic carbocycles. The Morgan fingerprint density at radius 3 is 2.50 bits per heavy atom. The highest BCUT2D eigenvalue weighted by atomic mass is 16.7. The van der Waals surface area contributed by atoms with E-state index in [0.29, 0.717) is 30.3 Å². The summed E-state index contributed by atoms with van der Waals surface area (Å²) in [5.41, 5.74) is 3.70. The third kappa shape index (κ3) is 5.23. The molecule has 8 heteroatoms. The zero-order valence-electron chi connectivity index (χ0n) is 23.2. The van der Waals surface area contributed by atoms with Crippen LogP contribution >= 0.6 is 0 Å². The van der Waals surface area contributed by atoms with Crippen molar-refractivity contribution in [3.8, 4) is 17.2 Å². The van der Waals surface area contributed by atoms with Crippen LogP contribution in [0.1, 0.15) is 48.4 Å². The van der Waals surface area contributed by atoms with Crippen LogP contribution in [0, 0.1) is 12.8 Å². The Kier molecular flexibility index (Phi) is 8.26. The van der Waals surface area contributed by atoms with E-state index in [9.17, 15) is 14.7 Å². The van der Waals surface area contributed by atoms with E-state index in [0.717, 1.165) is 41.5 Å². The lowest BCUT2D eigenvalue weighted by molar-refractivity contribution is -0.143. The quantitative estimate of drug-likeness (QED) is 0.321. The number of carbonyl (C=O) groups excluding carboxylic acids is 1. The van der Waals surface area contributed by atoms with Gasteiger partial charge in [-0.3, -0.25) is 14.5 Å². The van der Waals surface area contributed by atoms with Gasteiger partial charge in [0.05, 0.1) is 19.1 Å². The molecule has 2 aliphatic rings. The molecule has 4 unspecified atom stereocenters. The van der Waals surface area contributed by atoms with E-state index in [-0.39, 0.29) is 12.7 Å². The third-order valence-electron chi connectivity index (χ3n) is 8.06. The number of anilines is 1. The molecule has 2 heterocycles. The fourth-order valence-corrected chi connectivity index (χ4v) is 6.06. The molecule has 5 rings (SSSR count). The minimum Gasteiger partial charge on any atom is -0.497 e. The number of hydrogen-bond acceptors (Lipinski definition) is 7. The number of carboxylic acids is 1. The summed E-state index contributed by atoms with van der Waals surface area (Å²) in [7, 11) is 1.60. The lowest BCUT2D eigenvalue weighted by Crippen LogP contribution is -2.51. The van der Waals surface area contributed by atoms with E-state index in [1.807, 2.05) is 73.7 Å². The first-order chi connectivity index (χ1) is 19.5. The molecule has 2 aliphatic heterocycles. The zero-order chi connectivity index (χ0) is 28.2. The van der Waals surface area contributed by atoms with Crippen molar-refractivity contribution in [1.82, 2.24) is 4.90 Å². The second-order valence-electron chi connectivity index (χ2n) is 10.4. The molecule has 210 valence electrons. The SMILES string of the molecule is CCCCN(c1ccccc1C)C(C=O)N1CC(c2ccc3c(c2)OCO3)C(C(=O)O)C1c1ccc(OC)cc1. The van der Waals surface area contributed by atoms with Crippen molar-refractivity contribution < 1.29 is 28.9 Å². The van der Waals surface area contributed by atoms with Crippen LogP contribution in [-0.4, -0.2) is 55.4 Å². The van der Waals surface area contributed by atoms with Gasteiger partial charge in [-0.25, -0.2) is 0 Å². The Morgan fingerprint density at radius 1 is 1.10 bits per heavy atom. The van der Waals surface area contributed by atoms with Crippen LogP contribution in [0.3, 0.4) is 0 Å². The number of para-hydroxylation sites is 1. The molecule has 40 heavy (non-hydrogen) atoms. The molecule has 1 saturated heterocycles. The predicted octanol–water partition coefficient (Wildman–Crippen LogP) is 5.41. The number of fused-ring (bicyclic) bond motifs is 1. The molecule has 0 radical (unpaired) electrons.